The molecule has 6 nitrogen and oxygen atoms in total. The van der Waals surface area contributed by atoms with E-state index in [2.05, 4.69) is 33.9 Å². The molecule has 2 aromatic carbocycles. The zero-order valence-corrected chi connectivity index (χ0v) is 22.3. The van der Waals surface area contributed by atoms with E-state index in [9.17, 15) is 5.11 Å². The Kier molecular flexibility index (Phi) is 9.46. The molecule has 0 amide bonds. The quantitative estimate of drug-likeness (QED) is 0.479. The molecule has 1 heterocycles. The number of aliphatic hydroxyl groups is 1. The molecule has 7 heteroatoms. The average molecular weight is 489 g/mol. The first kappa shape index (κ1) is 27.0. The molecule has 0 bridgehead atoms. The largest absolute Gasteiger partial charge is 0.408 e. The highest BCUT2D eigenvalue weighted by Crippen LogP contribution is 2.40. The average Bonchev–Trinajstić information content (AvgIpc) is 2.82. The minimum Gasteiger partial charge on any atom is -0.408 e. The Morgan fingerprint density at radius 1 is 0.824 bits per heavy atom. The van der Waals surface area contributed by atoms with Crippen molar-refractivity contribution in [3.05, 3.63) is 71.8 Å². The van der Waals surface area contributed by atoms with Crippen molar-refractivity contribution < 1.29 is 28.5 Å². The Bertz CT molecular complexity index is 854. The molecule has 5 atom stereocenters. The van der Waals surface area contributed by atoms with Gasteiger partial charge in [0.2, 0.25) is 0 Å². The summed E-state index contributed by atoms with van der Waals surface area (Å²) < 4.78 is 31.5. The Morgan fingerprint density at radius 3 is 1.76 bits per heavy atom. The lowest BCUT2D eigenvalue weighted by Crippen LogP contribution is -2.64. The van der Waals surface area contributed by atoms with Crippen LogP contribution in [0.15, 0.2) is 60.7 Å². The summed E-state index contributed by atoms with van der Waals surface area (Å²) in [4.78, 5) is 0. The zero-order valence-electron chi connectivity index (χ0n) is 21.3. The van der Waals surface area contributed by atoms with E-state index < -0.39 is 39.0 Å². The van der Waals surface area contributed by atoms with E-state index in [-0.39, 0.29) is 11.6 Å². The van der Waals surface area contributed by atoms with Gasteiger partial charge in [0, 0.05) is 7.11 Å². The Hall–Kier alpha value is -1.58. The predicted molar refractivity (Wildman–Crippen MR) is 135 cm³/mol. The minimum absolute atomic E-state index is 0.0184. The maximum atomic E-state index is 10.2. The van der Waals surface area contributed by atoms with Gasteiger partial charge in [-0.15, -0.1) is 0 Å². The van der Waals surface area contributed by atoms with Crippen LogP contribution < -0.4 is 0 Å². The molecule has 2 aromatic rings. The highest BCUT2D eigenvalue weighted by atomic mass is 28.4. The summed E-state index contributed by atoms with van der Waals surface area (Å²) in [5, 5.41) is 10.2. The molecule has 34 heavy (non-hydrogen) atoms. The van der Waals surface area contributed by atoms with Crippen molar-refractivity contribution in [3.8, 4) is 0 Å². The number of aliphatic hydroxyl groups excluding tert-OH is 1. The van der Waals surface area contributed by atoms with E-state index in [1.807, 2.05) is 60.7 Å². The van der Waals surface area contributed by atoms with Gasteiger partial charge in [-0.3, -0.25) is 0 Å². The van der Waals surface area contributed by atoms with Gasteiger partial charge in [-0.05, 0) is 29.3 Å². The van der Waals surface area contributed by atoms with Gasteiger partial charge in [0.25, 0.3) is 0 Å². The summed E-state index contributed by atoms with van der Waals surface area (Å²) >= 11 is 0. The van der Waals surface area contributed by atoms with Gasteiger partial charge in [0.15, 0.2) is 14.6 Å². The molecule has 188 valence electrons. The first-order valence-electron chi connectivity index (χ1n) is 11.9. The van der Waals surface area contributed by atoms with Gasteiger partial charge in [0.1, 0.15) is 24.4 Å². The van der Waals surface area contributed by atoms with Crippen LogP contribution in [0.4, 0.5) is 0 Å². The van der Waals surface area contributed by atoms with Crippen LogP contribution in [0.2, 0.25) is 18.1 Å². The monoisotopic (exact) mass is 488 g/mol. The lowest BCUT2D eigenvalue weighted by molar-refractivity contribution is -0.311. The van der Waals surface area contributed by atoms with Gasteiger partial charge >= 0.3 is 0 Å². The van der Waals surface area contributed by atoms with Crippen LogP contribution in [0.5, 0.6) is 0 Å². The number of ether oxygens (including phenoxy) is 4. The SMILES string of the molecule is CO[C@H]1O[C@H](CO)[C@H](O[Si](C)(C)C(C)(C)C)[C@H](OCc2ccccc2)[C@H]1OCc1ccccc1. The normalized spacial score (nSPS) is 25.9. The van der Waals surface area contributed by atoms with Crippen LogP contribution >= 0.6 is 0 Å². The van der Waals surface area contributed by atoms with Gasteiger partial charge in [0.05, 0.1) is 19.8 Å². The summed E-state index contributed by atoms with van der Waals surface area (Å²) in [6.45, 7) is 11.5. The molecule has 0 radical (unpaired) electrons. The summed E-state index contributed by atoms with van der Waals surface area (Å²) in [6, 6.07) is 20.0. The zero-order chi connectivity index (χ0) is 24.8. The third-order valence-corrected chi connectivity index (χ3v) is 11.3. The first-order valence-corrected chi connectivity index (χ1v) is 14.8. The standard InChI is InChI=1S/C27H40O6Si/c1-27(2,3)34(5,6)33-23-22(17-28)32-26(29-4)25(31-19-21-15-11-8-12-16-21)24(23)30-18-20-13-9-7-10-14-20/h7-16,22-26,28H,17-19H2,1-6H3/t22-,23+,24+,25-,26+/m1/s1. The third kappa shape index (κ3) is 6.76. The lowest BCUT2D eigenvalue weighted by atomic mass is 9.98. The molecular weight excluding hydrogens is 448 g/mol. The second kappa shape index (κ2) is 11.9. The van der Waals surface area contributed by atoms with Crippen molar-refractivity contribution in [1.29, 1.82) is 0 Å². The number of hydrogen-bond acceptors (Lipinski definition) is 6. The van der Waals surface area contributed by atoms with Gasteiger partial charge in [-0.25, -0.2) is 0 Å². The number of rotatable bonds is 10. The van der Waals surface area contributed by atoms with Crippen molar-refractivity contribution >= 4 is 8.32 Å². The van der Waals surface area contributed by atoms with E-state index in [1.54, 1.807) is 7.11 Å². The Labute approximate surface area is 205 Å². The fourth-order valence-corrected chi connectivity index (χ4v) is 5.09. The fourth-order valence-electron chi connectivity index (χ4n) is 3.77. The van der Waals surface area contributed by atoms with Crippen LogP contribution in [0.1, 0.15) is 31.9 Å². The van der Waals surface area contributed by atoms with Crippen LogP contribution in [0.3, 0.4) is 0 Å². The molecule has 0 aromatic heterocycles. The molecule has 1 saturated heterocycles. The topological polar surface area (TPSA) is 66.4 Å². The van der Waals surface area contributed by atoms with Crippen LogP contribution in [-0.4, -0.2) is 57.8 Å². The van der Waals surface area contributed by atoms with Crippen LogP contribution in [0.25, 0.3) is 0 Å². The molecule has 0 aliphatic carbocycles. The van der Waals surface area contributed by atoms with Gasteiger partial charge < -0.3 is 28.5 Å². The maximum Gasteiger partial charge on any atom is 0.192 e. The minimum atomic E-state index is -2.22. The molecule has 0 saturated carbocycles. The van der Waals surface area contributed by atoms with Gasteiger partial charge in [-0.2, -0.15) is 0 Å². The third-order valence-electron chi connectivity index (χ3n) is 6.81. The second-order valence-corrected chi connectivity index (χ2v) is 15.1. The smallest absolute Gasteiger partial charge is 0.192 e. The summed E-state index contributed by atoms with van der Waals surface area (Å²) in [5.74, 6) is 0. The highest BCUT2D eigenvalue weighted by molar-refractivity contribution is 6.74. The van der Waals surface area contributed by atoms with E-state index in [0.717, 1.165) is 11.1 Å². The fraction of sp³-hybridized carbons (Fsp3) is 0.556. The molecule has 0 spiro atoms. The molecule has 1 aliphatic rings. The van der Waals surface area contributed by atoms with E-state index in [4.69, 9.17) is 23.4 Å². The van der Waals surface area contributed by atoms with Crippen molar-refractivity contribution in [3.63, 3.8) is 0 Å². The Balaban J connectivity index is 1.91. The van der Waals surface area contributed by atoms with Crippen LogP contribution in [0, 0.1) is 0 Å². The molecule has 3 rings (SSSR count). The number of benzene rings is 2. The summed E-state index contributed by atoms with van der Waals surface area (Å²) in [5.41, 5.74) is 2.10. The molecule has 1 fully saturated rings. The molecule has 1 aliphatic heterocycles. The first-order chi connectivity index (χ1) is 16.2. The molecule has 1 N–H and O–H groups in total. The predicted octanol–water partition coefficient (Wildman–Crippen LogP) is 4.91. The van der Waals surface area contributed by atoms with Gasteiger partial charge in [-0.1, -0.05) is 81.4 Å². The van der Waals surface area contributed by atoms with Crippen molar-refractivity contribution in [1.82, 2.24) is 0 Å². The van der Waals surface area contributed by atoms with Crippen molar-refractivity contribution in [2.75, 3.05) is 13.7 Å². The second-order valence-electron chi connectivity index (χ2n) is 10.3. The van der Waals surface area contributed by atoms with E-state index in [1.165, 1.54) is 0 Å². The summed E-state index contributed by atoms with van der Waals surface area (Å²) in [6.07, 6.45) is -2.81. The number of methoxy groups -OCH3 is 1. The summed E-state index contributed by atoms with van der Waals surface area (Å²) in [7, 11) is -0.632. The Morgan fingerprint density at radius 2 is 1.32 bits per heavy atom. The molecule has 0 unspecified atom stereocenters. The van der Waals surface area contributed by atoms with Crippen LogP contribution in [-0.2, 0) is 36.6 Å². The number of hydrogen-bond donors (Lipinski definition) is 1. The van der Waals surface area contributed by atoms with Crippen molar-refractivity contribution in [2.24, 2.45) is 0 Å². The van der Waals surface area contributed by atoms with E-state index in [0.29, 0.717) is 13.2 Å². The lowest BCUT2D eigenvalue weighted by Gasteiger charge is -2.49. The highest BCUT2D eigenvalue weighted by Gasteiger charge is 2.51. The van der Waals surface area contributed by atoms with E-state index >= 15 is 0 Å². The van der Waals surface area contributed by atoms with Crippen molar-refractivity contribution in [2.45, 2.75) is 82.8 Å². The molecular formula is C27H40O6Si. The maximum absolute atomic E-state index is 10.2.